The summed E-state index contributed by atoms with van der Waals surface area (Å²) in [6, 6.07) is 7.77. The molecule has 0 spiro atoms. The zero-order valence-corrected chi connectivity index (χ0v) is 10.2. The van der Waals surface area contributed by atoms with Crippen LogP contribution in [-0.2, 0) is 10.4 Å². The maximum absolute atomic E-state index is 10.8. The lowest BCUT2D eigenvalue weighted by atomic mass is 9.65. The summed E-state index contributed by atoms with van der Waals surface area (Å²) in [5.41, 5.74) is 1.07. The minimum Gasteiger partial charge on any atom is -0.481 e. The minimum atomic E-state index is -0.941. The van der Waals surface area contributed by atoms with Crippen molar-refractivity contribution in [1.82, 2.24) is 0 Å². The van der Waals surface area contributed by atoms with Crippen molar-refractivity contribution >= 4 is 5.97 Å². The van der Waals surface area contributed by atoms with E-state index in [9.17, 15) is 9.90 Å². The predicted octanol–water partition coefficient (Wildman–Crippen LogP) is 2.49. The third kappa shape index (κ3) is 2.07. The van der Waals surface area contributed by atoms with Gasteiger partial charge in [-0.1, -0.05) is 38.1 Å². The predicted molar refractivity (Wildman–Crippen MR) is 64.8 cm³/mol. The number of benzene rings is 1. The van der Waals surface area contributed by atoms with E-state index in [0.717, 1.165) is 11.1 Å². The van der Waals surface area contributed by atoms with Gasteiger partial charge >= 0.3 is 5.97 Å². The molecule has 0 aliphatic heterocycles. The molecule has 2 N–H and O–H groups in total. The minimum absolute atomic E-state index is 0.325. The molecule has 17 heavy (non-hydrogen) atoms. The Hall–Kier alpha value is -1.35. The molecule has 1 fully saturated rings. The first-order chi connectivity index (χ1) is 7.94. The van der Waals surface area contributed by atoms with E-state index in [1.165, 1.54) is 0 Å². The molecular weight excluding hydrogens is 216 g/mol. The first-order valence-corrected chi connectivity index (χ1v) is 5.98. The fraction of sp³-hybridized carbons (Fsp3) is 0.500. The lowest BCUT2D eigenvalue weighted by molar-refractivity contribution is -0.159. The number of carbonyl (C=O) groups is 1. The average molecular weight is 234 g/mol. The molecule has 1 aromatic rings. The Labute approximate surface area is 101 Å². The van der Waals surface area contributed by atoms with Crippen LogP contribution in [0.15, 0.2) is 24.3 Å². The maximum atomic E-state index is 10.8. The Balaban J connectivity index is 2.27. The molecule has 0 atom stereocenters. The van der Waals surface area contributed by atoms with Gasteiger partial charge in [-0.3, -0.25) is 4.79 Å². The summed E-state index contributed by atoms with van der Waals surface area (Å²) in [5, 5.41) is 19.3. The van der Waals surface area contributed by atoms with Crippen LogP contribution in [0.2, 0.25) is 0 Å². The number of rotatable bonds is 3. The van der Waals surface area contributed by atoms with Gasteiger partial charge in [0.1, 0.15) is 0 Å². The van der Waals surface area contributed by atoms with Crippen molar-refractivity contribution in [3.05, 3.63) is 35.4 Å². The number of aliphatic carboxylic acids is 1. The summed E-state index contributed by atoms with van der Waals surface area (Å²) < 4.78 is 0. The van der Waals surface area contributed by atoms with Crippen molar-refractivity contribution in [2.75, 3.05) is 0 Å². The molecule has 1 saturated carbocycles. The third-order valence-corrected chi connectivity index (χ3v) is 3.60. The molecule has 0 aromatic heterocycles. The van der Waals surface area contributed by atoms with Crippen molar-refractivity contribution in [2.24, 2.45) is 5.92 Å². The van der Waals surface area contributed by atoms with Crippen LogP contribution in [-0.4, -0.2) is 16.2 Å². The molecule has 1 aliphatic rings. The Bertz CT molecular complexity index is 431. The van der Waals surface area contributed by atoms with Crippen molar-refractivity contribution in [2.45, 2.75) is 38.2 Å². The monoisotopic (exact) mass is 234 g/mol. The highest BCUT2D eigenvalue weighted by atomic mass is 16.4. The highest BCUT2D eigenvalue weighted by molar-refractivity contribution is 5.72. The molecule has 92 valence electrons. The maximum Gasteiger partial charge on any atom is 0.306 e. The highest BCUT2D eigenvalue weighted by Gasteiger charge is 2.48. The Kier molecular flexibility index (Phi) is 2.96. The van der Waals surface area contributed by atoms with E-state index in [1.54, 1.807) is 0 Å². The van der Waals surface area contributed by atoms with E-state index in [-0.39, 0.29) is 0 Å². The van der Waals surface area contributed by atoms with Crippen LogP contribution in [0.1, 0.15) is 43.7 Å². The zero-order valence-electron chi connectivity index (χ0n) is 10.2. The van der Waals surface area contributed by atoms with Gasteiger partial charge in [-0.25, -0.2) is 0 Å². The van der Waals surface area contributed by atoms with Gasteiger partial charge in [-0.15, -0.1) is 0 Å². The summed E-state index contributed by atoms with van der Waals surface area (Å²) in [6.07, 6.45) is 0.651. The molecule has 3 nitrogen and oxygen atoms in total. The molecular formula is C14H18O3. The normalized spacial score (nSPS) is 27.9. The summed E-state index contributed by atoms with van der Waals surface area (Å²) in [7, 11) is 0. The smallest absolute Gasteiger partial charge is 0.306 e. The van der Waals surface area contributed by atoms with Gasteiger partial charge in [0.05, 0.1) is 11.5 Å². The second-order valence-corrected chi connectivity index (χ2v) is 5.22. The molecule has 0 bridgehead atoms. The number of aliphatic hydroxyl groups is 1. The lowest BCUT2D eigenvalue weighted by Gasteiger charge is -2.43. The van der Waals surface area contributed by atoms with Crippen LogP contribution in [0.3, 0.4) is 0 Å². The second-order valence-electron chi connectivity index (χ2n) is 5.22. The summed E-state index contributed by atoms with van der Waals surface area (Å²) in [4.78, 5) is 10.8. The van der Waals surface area contributed by atoms with E-state index in [1.807, 2.05) is 24.3 Å². The fourth-order valence-electron chi connectivity index (χ4n) is 2.57. The van der Waals surface area contributed by atoms with Crippen LogP contribution in [0.5, 0.6) is 0 Å². The van der Waals surface area contributed by atoms with Crippen molar-refractivity contribution < 1.29 is 15.0 Å². The van der Waals surface area contributed by atoms with E-state index >= 15 is 0 Å². The molecule has 3 heteroatoms. The van der Waals surface area contributed by atoms with Crippen LogP contribution in [0, 0.1) is 5.92 Å². The molecule has 0 radical (unpaired) electrons. The van der Waals surface area contributed by atoms with Gasteiger partial charge in [0.2, 0.25) is 0 Å². The number of hydrogen-bond donors (Lipinski definition) is 2. The van der Waals surface area contributed by atoms with E-state index in [2.05, 4.69) is 13.8 Å². The number of carboxylic acids is 1. The highest BCUT2D eigenvalue weighted by Crippen LogP contribution is 2.47. The third-order valence-electron chi connectivity index (χ3n) is 3.60. The summed E-state index contributed by atoms with van der Waals surface area (Å²) in [6.45, 7) is 4.16. The number of carboxylic acid groups (broad SMARTS) is 1. The first kappa shape index (κ1) is 12.1. The molecule has 0 amide bonds. The average Bonchev–Trinajstić information content (AvgIpc) is 2.24. The zero-order chi connectivity index (χ0) is 12.6. The molecule has 2 rings (SSSR count). The van der Waals surface area contributed by atoms with E-state index in [4.69, 9.17) is 5.11 Å². The van der Waals surface area contributed by atoms with Gasteiger partial charge in [-0.05, 0) is 29.9 Å². The Morgan fingerprint density at radius 1 is 1.35 bits per heavy atom. The molecule has 0 unspecified atom stereocenters. The SMILES string of the molecule is CC(C)c1ccccc1C1(O)CC(C(=O)O)C1. The largest absolute Gasteiger partial charge is 0.481 e. The Morgan fingerprint density at radius 3 is 2.47 bits per heavy atom. The quantitative estimate of drug-likeness (QED) is 0.844. The van der Waals surface area contributed by atoms with Crippen LogP contribution < -0.4 is 0 Å². The number of hydrogen-bond acceptors (Lipinski definition) is 2. The van der Waals surface area contributed by atoms with Crippen LogP contribution in [0.25, 0.3) is 0 Å². The van der Waals surface area contributed by atoms with Crippen molar-refractivity contribution in [1.29, 1.82) is 0 Å². The van der Waals surface area contributed by atoms with Gasteiger partial charge in [0, 0.05) is 0 Å². The molecule has 1 aromatic carbocycles. The second kappa shape index (κ2) is 4.15. The van der Waals surface area contributed by atoms with Crippen LogP contribution >= 0.6 is 0 Å². The standard InChI is InChI=1S/C14H18O3/c1-9(2)11-5-3-4-6-12(11)14(17)7-10(8-14)13(15)16/h3-6,9-10,17H,7-8H2,1-2H3,(H,15,16). The summed E-state index contributed by atoms with van der Waals surface area (Å²) in [5.74, 6) is -0.879. The molecule has 0 heterocycles. The fourth-order valence-corrected chi connectivity index (χ4v) is 2.57. The Morgan fingerprint density at radius 2 is 1.94 bits per heavy atom. The van der Waals surface area contributed by atoms with E-state index < -0.39 is 17.5 Å². The van der Waals surface area contributed by atoms with Gasteiger partial charge in [0.25, 0.3) is 0 Å². The van der Waals surface area contributed by atoms with Gasteiger partial charge < -0.3 is 10.2 Å². The van der Waals surface area contributed by atoms with Crippen molar-refractivity contribution in [3.63, 3.8) is 0 Å². The first-order valence-electron chi connectivity index (χ1n) is 5.98. The topological polar surface area (TPSA) is 57.5 Å². The van der Waals surface area contributed by atoms with Crippen LogP contribution in [0.4, 0.5) is 0 Å². The van der Waals surface area contributed by atoms with Crippen molar-refractivity contribution in [3.8, 4) is 0 Å². The van der Waals surface area contributed by atoms with Gasteiger partial charge in [-0.2, -0.15) is 0 Å². The molecule has 1 aliphatic carbocycles. The lowest BCUT2D eigenvalue weighted by Crippen LogP contribution is -2.45. The van der Waals surface area contributed by atoms with E-state index in [0.29, 0.717) is 18.8 Å². The molecule has 0 saturated heterocycles. The van der Waals surface area contributed by atoms with Gasteiger partial charge in [0.15, 0.2) is 0 Å². The summed E-state index contributed by atoms with van der Waals surface area (Å²) >= 11 is 0.